The predicted molar refractivity (Wildman–Crippen MR) is 81.9 cm³/mol. The second-order valence-corrected chi connectivity index (χ2v) is 5.92. The Morgan fingerprint density at radius 1 is 1.15 bits per heavy atom. The van der Waals surface area contributed by atoms with Gasteiger partial charge in [0.25, 0.3) is 0 Å². The molecule has 5 nitrogen and oxygen atoms in total. The first-order chi connectivity index (χ1) is 9.51. The van der Waals surface area contributed by atoms with Gasteiger partial charge in [0.2, 0.25) is 0 Å². The van der Waals surface area contributed by atoms with Crippen molar-refractivity contribution >= 4 is 0 Å². The van der Waals surface area contributed by atoms with Crippen LogP contribution in [-0.4, -0.2) is 66.6 Å². The number of likely N-dealkylation sites (N-methyl/N-ethyl adjacent to an activating group) is 2. The number of nitrogens with one attached hydrogen (secondary N) is 1. The topological polar surface area (TPSA) is 44.3 Å². The van der Waals surface area contributed by atoms with Crippen molar-refractivity contribution in [3.8, 4) is 0 Å². The normalized spacial score (nSPS) is 21.4. The second kappa shape index (κ2) is 6.61. The Morgan fingerprint density at radius 2 is 1.80 bits per heavy atom. The van der Waals surface area contributed by atoms with E-state index in [0.29, 0.717) is 6.04 Å². The first-order valence-corrected chi connectivity index (χ1v) is 7.37. The summed E-state index contributed by atoms with van der Waals surface area (Å²) in [5.41, 5.74) is 3.44. The molecular weight excluding hydrogens is 250 g/mol. The number of hydrogen-bond acceptors (Lipinski definition) is 5. The Bertz CT molecular complexity index is 437. The zero-order valence-electron chi connectivity index (χ0n) is 13.4. The smallest absolute Gasteiger partial charge is 0.130 e. The van der Waals surface area contributed by atoms with Gasteiger partial charge in [-0.2, -0.15) is 0 Å². The van der Waals surface area contributed by atoms with Crippen LogP contribution < -0.4 is 5.32 Å². The maximum Gasteiger partial charge on any atom is 0.130 e. The van der Waals surface area contributed by atoms with Crippen LogP contribution in [0.4, 0.5) is 0 Å². The minimum absolute atomic E-state index is 0.516. The summed E-state index contributed by atoms with van der Waals surface area (Å²) in [4.78, 5) is 14.2. The lowest BCUT2D eigenvalue weighted by molar-refractivity contribution is 0.113. The predicted octanol–water partition coefficient (Wildman–Crippen LogP) is 0.601. The van der Waals surface area contributed by atoms with Gasteiger partial charge in [0.05, 0.1) is 0 Å². The van der Waals surface area contributed by atoms with E-state index < -0.39 is 0 Å². The van der Waals surface area contributed by atoms with Crippen molar-refractivity contribution < 1.29 is 0 Å². The summed E-state index contributed by atoms with van der Waals surface area (Å²) in [7, 11) is 6.35. The van der Waals surface area contributed by atoms with E-state index in [2.05, 4.69) is 43.1 Å². The standard InChI is InChI=1S/C15H27N5/c1-11-14(9-16-3)12(2)18-15(17-11)8-13-10-19(4)6-7-20(13)5/h13,16H,6-10H2,1-5H3. The first-order valence-electron chi connectivity index (χ1n) is 7.37. The fourth-order valence-electron chi connectivity index (χ4n) is 2.87. The van der Waals surface area contributed by atoms with Gasteiger partial charge in [0, 0.05) is 55.6 Å². The summed E-state index contributed by atoms with van der Waals surface area (Å²) in [6, 6.07) is 0.516. The van der Waals surface area contributed by atoms with E-state index in [1.54, 1.807) is 0 Å². The van der Waals surface area contributed by atoms with Gasteiger partial charge in [0.1, 0.15) is 5.82 Å². The third kappa shape index (κ3) is 3.53. The number of aromatic nitrogens is 2. The summed E-state index contributed by atoms with van der Waals surface area (Å²) in [5, 5.41) is 3.18. The highest BCUT2D eigenvalue weighted by Crippen LogP contribution is 2.14. The molecule has 1 N–H and O–H groups in total. The third-order valence-electron chi connectivity index (χ3n) is 4.22. The van der Waals surface area contributed by atoms with Crippen molar-refractivity contribution in [2.24, 2.45) is 0 Å². The molecule has 1 aromatic heterocycles. The molecule has 1 saturated heterocycles. The van der Waals surface area contributed by atoms with Crippen molar-refractivity contribution in [1.82, 2.24) is 25.1 Å². The van der Waals surface area contributed by atoms with Crippen molar-refractivity contribution in [2.75, 3.05) is 40.8 Å². The van der Waals surface area contributed by atoms with Crippen LogP contribution in [0.2, 0.25) is 0 Å². The van der Waals surface area contributed by atoms with Crippen molar-refractivity contribution in [2.45, 2.75) is 32.9 Å². The van der Waals surface area contributed by atoms with Crippen LogP contribution in [0.5, 0.6) is 0 Å². The van der Waals surface area contributed by atoms with Gasteiger partial charge in [-0.1, -0.05) is 0 Å². The monoisotopic (exact) mass is 277 g/mol. The molecular formula is C15H27N5. The van der Waals surface area contributed by atoms with Gasteiger partial charge in [-0.15, -0.1) is 0 Å². The number of rotatable bonds is 4. The van der Waals surface area contributed by atoms with Crippen LogP contribution in [0.1, 0.15) is 22.8 Å². The molecule has 0 amide bonds. The molecule has 2 rings (SSSR count). The summed E-state index contributed by atoms with van der Waals surface area (Å²) in [5.74, 6) is 0.979. The summed E-state index contributed by atoms with van der Waals surface area (Å²) in [6.07, 6.45) is 0.933. The molecule has 0 radical (unpaired) electrons. The van der Waals surface area contributed by atoms with Gasteiger partial charge in [-0.3, -0.25) is 0 Å². The van der Waals surface area contributed by atoms with Crippen molar-refractivity contribution in [3.63, 3.8) is 0 Å². The summed E-state index contributed by atoms with van der Waals surface area (Å²) < 4.78 is 0. The Balaban J connectivity index is 2.13. The zero-order chi connectivity index (χ0) is 14.7. The molecule has 0 spiro atoms. The first kappa shape index (κ1) is 15.4. The number of nitrogens with zero attached hydrogens (tertiary/aromatic N) is 4. The molecule has 1 aromatic rings. The number of piperazine rings is 1. The zero-order valence-corrected chi connectivity index (χ0v) is 13.4. The Labute approximate surface area is 122 Å². The van der Waals surface area contributed by atoms with Crippen LogP contribution in [0.25, 0.3) is 0 Å². The van der Waals surface area contributed by atoms with Crippen LogP contribution in [-0.2, 0) is 13.0 Å². The van der Waals surface area contributed by atoms with E-state index in [1.165, 1.54) is 5.56 Å². The molecule has 2 heterocycles. The quantitative estimate of drug-likeness (QED) is 0.873. The van der Waals surface area contributed by atoms with Crippen LogP contribution >= 0.6 is 0 Å². The van der Waals surface area contributed by atoms with Crippen LogP contribution in [0.15, 0.2) is 0 Å². The molecule has 1 aliphatic rings. The highest BCUT2D eigenvalue weighted by molar-refractivity contribution is 5.24. The Kier molecular flexibility index (Phi) is 5.07. The largest absolute Gasteiger partial charge is 0.316 e. The lowest BCUT2D eigenvalue weighted by Crippen LogP contribution is -2.51. The minimum Gasteiger partial charge on any atom is -0.316 e. The molecule has 1 aliphatic heterocycles. The van der Waals surface area contributed by atoms with E-state index in [4.69, 9.17) is 9.97 Å². The average Bonchev–Trinajstić information content (AvgIpc) is 2.38. The van der Waals surface area contributed by atoms with Crippen LogP contribution in [0.3, 0.4) is 0 Å². The fourth-order valence-corrected chi connectivity index (χ4v) is 2.87. The number of hydrogen-bond donors (Lipinski definition) is 1. The molecule has 5 heteroatoms. The van der Waals surface area contributed by atoms with Gasteiger partial charge < -0.3 is 15.1 Å². The van der Waals surface area contributed by atoms with E-state index in [-0.39, 0.29) is 0 Å². The second-order valence-electron chi connectivity index (χ2n) is 5.92. The lowest BCUT2D eigenvalue weighted by atomic mass is 10.1. The SMILES string of the molecule is CNCc1c(C)nc(CC2CN(C)CCN2C)nc1C. The van der Waals surface area contributed by atoms with Gasteiger partial charge in [-0.05, 0) is 35.0 Å². The molecule has 1 atom stereocenters. The summed E-state index contributed by atoms with van der Waals surface area (Å²) >= 11 is 0. The maximum absolute atomic E-state index is 4.71. The molecule has 1 fully saturated rings. The molecule has 0 aliphatic carbocycles. The van der Waals surface area contributed by atoms with Gasteiger partial charge >= 0.3 is 0 Å². The Morgan fingerprint density at radius 3 is 2.40 bits per heavy atom. The van der Waals surface area contributed by atoms with Gasteiger partial charge in [0.15, 0.2) is 0 Å². The van der Waals surface area contributed by atoms with Crippen molar-refractivity contribution in [3.05, 3.63) is 22.8 Å². The molecule has 112 valence electrons. The van der Waals surface area contributed by atoms with E-state index >= 15 is 0 Å². The summed E-state index contributed by atoms with van der Waals surface area (Å²) in [6.45, 7) is 8.37. The molecule has 0 saturated carbocycles. The minimum atomic E-state index is 0.516. The fraction of sp³-hybridized carbons (Fsp3) is 0.733. The van der Waals surface area contributed by atoms with Crippen molar-refractivity contribution in [1.29, 1.82) is 0 Å². The molecule has 0 aromatic carbocycles. The van der Waals surface area contributed by atoms with E-state index in [1.807, 2.05) is 7.05 Å². The lowest BCUT2D eigenvalue weighted by Gasteiger charge is -2.37. The van der Waals surface area contributed by atoms with Gasteiger partial charge in [-0.25, -0.2) is 9.97 Å². The Hall–Kier alpha value is -1.04. The number of aryl methyl sites for hydroxylation is 2. The van der Waals surface area contributed by atoms with E-state index in [9.17, 15) is 0 Å². The third-order valence-corrected chi connectivity index (χ3v) is 4.22. The maximum atomic E-state index is 4.71. The van der Waals surface area contributed by atoms with E-state index in [0.717, 1.165) is 49.8 Å². The molecule has 0 bridgehead atoms. The highest BCUT2D eigenvalue weighted by atomic mass is 15.3. The average molecular weight is 277 g/mol. The van der Waals surface area contributed by atoms with Crippen LogP contribution in [0, 0.1) is 13.8 Å². The molecule has 20 heavy (non-hydrogen) atoms. The highest BCUT2D eigenvalue weighted by Gasteiger charge is 2.23. The molecule has 1 unspecified atom stereocenters.